The Hall–Kier alpha value is -1.59. The Morgan fingerprint density at radius 3 is 1.87 bits per heavy atom. The number of carbonyl (C=O) groups is 3. The second-order valence-electron chi connectivity index (χ2n) is 3.85. The van der Waals surface area contributed by atoms with Crippen molar-refractivity contribution < 1.29 is 29.7 Å². The van der Waals surface area contributed by atoms with Crippen LogP contribution in [0.5, 0.6) is 0 Å². The highest BCUT2D eigenvalue weighted by atomic mass is 16.4. The van der Waals surface area contributed by atoms with Crippen molar-refractivity contribution in [3.05, 3.63) is 0 Å². The molecule has 0 aromatic heterocycles. The zero-order chi connectivity index (χ0) is 12.2. The highest BCUT2D eigenvalue weighted by Crippen LogP contribution is 2.31. The van der Waals surface area contributed by atoms with Crippen LogP contribution in [0.1, 0.15) is 26.7 Å². The smallest absolute Gasteiger partial charge is 0.309 e. The summed E-state index contributed by atoms with van der Waals surface area (Å²) in [5, 5.41) is 26.0. The standard InChI is InChI=1S/C9H14O6/c1-9(2,8(14)15)5(7(12)13)3-4-6(10)11/h5H,3-4H2,1-2H3,(H,10,11)(H,12,13)(H,14,15)/t5-/m0/s1. The summed E-state index contributed by atoms with van der Waals surface area (Å²) < 4.78 is 0. The number of carboxylic acids is 3. The molecule has 0 aliphatic heterocycles. The van der Waals surface area contributed by atoms with E-state index in [0.717, 1.165) is 0 Å². The van der Waals surface area contributed by atoms with Crippen molar-refractivity contribution in [2.75, 3.05) is 0 Å². The van der Waals surface area contributed by atoms with Gasteiger partial charge in [0.2, 0.25) is 0 Å². The Labute approximate surface area is 86.5 Å². The van der Waals surface area contributed by atoms with Gasteiger partial charge >= 0.3 is 17.9 Å². The van der Waals surface area contributed by atoms with Crippen molar-refractivity contribution in [1.82, 2.24) is 0 Å². The average molecular weight is 218 g/mol. The highest BCUT2D eigenvalue weighted by Gasteiger charge is 2.41. The lowest BCUT2D eigenvalue weighted by atomic mass is 9.76. The third kappa shape index (κ3) is 3.57. The molecule has 0 spiro atoms. The zero-order valence-electron chi connectivity index (χ0n) is 8.56. The fourth-order valence-electron chi connectivity index (χ4n) is 1.21. The molecule has 0 aliphatic rings. The maximum absolute atomic E-state index is 10.8. The summed E-state index contributed by atoms with van der Waals surface area (Å²) in [7, 11) is 0. The van der Waals surface area contributed by atoms with E-state index < -0.39 is 29.2 Å². The molecule has 0 saturated heterocycles. The number of hydrogen-bond acceptors (Lipinski definition) is 3. The van der Waals surface area contributed by atoms with Gasteiger partial charge in [-0.05, 0) is 20.3 Å². The number of aliphatic carboxylic acids is 3. The summed E-state index contributed by atoms with van der Waals surface area (Å²) in [4.78, 5) is 31.9. The SMILES string of the molecule is CC(C)(C(=O)O)[C@@H](CCC(=O)O)C(=O)O. The van der Waals surface area contributed by atoms with Gasteiger partial charge < -0.3 is 15.3 Å². The zero-order valence-corrected chi connectivity index (χ0v) is 8.56. The molecule has 0 rings (SSSR count). The Morgan fingerprint density at radius 1 is 1.13 bits per heavy atom. The topological polar surface area (TPSA) is 112 Å². The molecule has 6 heteroatoms. The quantitative estimate of drug-likeness (QED) is 0.603. The molecule has 0 bridgehead atoms. The first-order valence-electron chi connectivity index (χ1n) is 4.37. The molecule has 0 saturated carbocycles. The van der Waals surface area contributed by atoms with Crippen LogP contribution in [0.4, 0.5) is 0 Å². The summed E-state index contributed by atoms with van der Waals surface area (Å²) in [6.45, 7) is 2.55. The third-order valence-corrected chi connectivity index (χ3v) is 2.37. The fourth-order valence-corrected chi connectivity index (χ4v) is 1.21. The van der Waals surface area contributed by atoms with Crippen LogP contribution in [-0.4, -0.2) is 33.2 Å². The van der Waals surface area contributed by atoms with Gasteiger partial charge in [-0.2, -0.15) is 0 Å². The van der Waals surface area contributed by atoms with Crippen molar-refractivity contribution in [3.8, 4) is 0 Å². The summed E-state index contributed by atoms with van der Waals surface area (Å²) in [6.07, 6.45) is -0.544. The molecule has 15 heavy (non-hydrogen) atoms. The molecule has 1 atom stereocenters. The summed E-state index contributed by atoms with van der Waals surface area (Å²) >= 11 is 0. The number of carboxylic acid groups (broad SMARTS) is 3. The monoisotopic (exact) mass is 218 g/mol. The van der Waals surface area contributed by atoms with E-state index in [1.54, 1.807) is 0 Å². The third-order valence-electron chi connectivity index (χ3n) is 2.37. The fraction of sp³-hybridized carbons (Fsp3) is 0.667. The van der Waals surface area contributed by atoms with Crippen LogP contribution >= 0.6 is 0 Å². The normalized spacial score (nSPS) is 13.2. The highest BCUT2D eigenvalue weighted by molar-refractivity contribution is 5.83. The van der Waals surface area contributed by atoms with E-state index >= 15 is 0 Å². The molecule has 0 amide bonds. The average Bonchev–Trinajstić information content (AvgIpc) is 2.01. The molecule has 0 radical (unpaired) electrons. The van der Waals surface area contributed by atoms with Crippen LogP contribution < -0.4 is 0 Å². The number of hydrogen-bond donors (Lipinski definition) is 3. The van der Waals surface area contributed by atoms with E-state index in [0.29, 0.717) is 0 Å². The van der Waals surface area contributed by atoms with Gasteiger partial charge in [0.15, 0.2) is 0 Å². The van der Waals surface area contributed by atoms with Crippen molar-refractivity contribution in [2.45, 2.75) is 26.7 Å². The molecule has 0 fully saturated rings. The van der Waals surface area contributed by atoms with Crippen molar-refractivity contribution in [2.24, 2.45) is 11.3 Å². The van der Waals surface area contributed by atoms with Crippen LogP contribution in [0, 0.1) is 11.3 Å². The summed E-state index contributed by atoms with van der Waals surface area (Å²) in [5.74, 6) is -4.88. The van der Waals surface area contributed by atoms with E-state index in [9.17, 15) is 14.4 Å². The van der Waals surface area contributed by atoms with Crippen LogP contribution in [0.15, 0.2) is 0 Å². The molecule has 0 heterocycles. The largest absolute Gasteiger partial charge is 0.481 e. The van der Waals surface area contributed by atoms with Gasteiger partial charge in [-0.25, -0.2) is 0 Å². The van der Waals surface area contributed by atoms with Crippen molar-refractivity contribution in [3.63, 3.8) is 0 Å². The molecule has 0 aromatic carbocycles. The Balaban J connectivity index is 4.74. The molecular formula is C9H14O6. The van der Waals surface area contributed by atoms with Crippen molar-refractivity contribution >= 4 is 17.9 Å². The molecule has 86 valence electrons. The van der Waals surface area contributed by atoms with Gasteiger partial charge in [-0.3, -0.25) is 14.4 Å². The molecular weight excluding hydrogens is 204 g/mol. The molecule has 0 aromatic rings. The first-order chi connectivity index (χ1) is 6.69. The first kappa shape index (κ1) is 13.4. The van der Waals surface area contributed by atoms with Crippen molar-refractivity contribution in [1.29, 1.82) is 0 Å². The number of rotatable bonds is 6. The lowest BCUT2D eigenvalue weighted by molar-refractivity contribution is -0.161. The van der Waals surface area contributed by atoms with E-state index in [4.69, 9.17) is 15.3 Å². The lowest BCUT2D eigenvalue weighted by Gasteiger charge is -2.26. The second kappa shape index (κ2) is 4.77. The summed E-state index contributed by atoms with van der Waals surface area (Å²) in [6, 6.07) is 0. The lowest BCUT2D eigenvalue weighted by Crippen LogP contribution is -2.38. The first-order valence-corrected chi connectivity index (χ1v) is 4.37. The van der Waals surface area contributed by atoms with Crippen LogP contribution in [-0.2, 0) is 14.4 Å². The minimum atomic E-state index is -1.47. The van der Waals surface area contributed by atoms with Gasteiger partial charge in [0.05, 0.1) is 11.3 Å². The Morgan fingerprint density at radius 2 is 1.60 bits per heavy atom. The van der Waals surface area contributed by atoms with Gasteiger partial charge in [-0.15, -0.1) is 0 Å². The van der Waals surface area contributed by atoms with Gasteiger partial charge in [-0.1, -0.05) is 0 Å². The predicted octanol–water partition coefficient (Wildman–Crippen LogP) is 0.663. The van der Waals surface area contributed by atoms with Gasteiger partial charge in [0.25, 0.3) is 0 Å². The van der Waals surface area contributed by atoms with E-state index in [2.05, 4.69) is 0 Å². The molecule has 6 nitrogen and oxygen atoms in total. The van der Waals surface area contributed by atoms with E-state index in [1.807, 2.05) is 0 Å². The summed E-state index contributed by atoms with van der Waals surface area (Å²) in [5.41, 5.74) is -1.47. The van der Waals surface area contributed by atoms with E-state index in [1.165, 1.54) is 13.8 Å². The maximum atomic E-state index is 10.8. The van der Waals surface area contributed by atoms with Gasteiger partial charge in [0, 0.05) is 6.42 Å². The van der Waals surface area contributed by atoms with Gasteiger partial charge in [0.1, 0.15) is 0 Å². The van der Waals surface area contributed by atoms with Crippen LogP contribution in [0.3, 0.4) is 0 Å². The van der Waals surface area contributed by atoms with E-state index in [-0.39, 0.29) is 12.8 Å². The maximum Gasteiger partial charge on any atom is 0.309 e. The molecule has 3 N–H and O–H groups in total. The molecule has 0 aliphatic carbocycles. The molecule has 0 unspecified atom stereocenters. The Bertz CT molecular complexity index is 280. The van der Waals surface area contributed by atoms with Crippen LogP contribution in [0.2, 0.25) is 0 Å². The minimum absolute atomic E-state index is 0.191. The Kier molecular flexibility index (Phi) is 4.26. The minimum Gasteiger partial charge on any atom is -0.481 e. The van der Waals surface area contributed by atoms with Crippen LogP contribution in [0.25, 0.3) is 0 Å². The predicted molar refractivity (Wildman–Crippen MR) is 49.4 cm³/mol. The second-order valence-corrected chi connectivity index (χ2v) is 3.85.